The standard InChI is InChI=1S/C15H19BrN6O4/c1-9-12(16)13(22(24)25)19-21(9)8-11-18-15(26-20-11)14(23)17-10-6-4-2-3-5-7-10/h10H,2-8H2,1H3,(H,17,23). The molecule has 26 heavy (non-hydrogen) atoms. The van der Waals surface area contributed by atoms with Gasteiger partial charge in [0.15, 0.2) is 5.82 Å². The molecule has 0 bridgehead atoms. The van der Waals surface area contributed by atoms with Gasteiger partial charge >= 0.3 is 17.6 Å². The number of hydrogen-bond acceptors (Lipinski definition) is 7. The van der Waals surface area contributed by atoms with Crippen molar-refractivity contribution in [3.63, 3.8) is 0 Å². The van der Waals surface area contributed by atoms with E-state index in [-0.39, 0.29) is 36.0 Å². The summed E-state index contributed by atoms with van der Waals surface area (Å²) in [6.45, 7) is 1.75. The highest BCUT2D eigenvalue weighted by Crippen LogP contribution is 2.27. The Hall–Kier alpha value is -2.30. The fourth-order valence-corrected chi connectivity index (χ4v) is 3.42. The third kappa shape index (κ3) is 4.09. The number of halogens is 1. The van der Waals surface area contributed by atoms with Gasteiger partial charge in [-0.25, -0.2) is 0 Å². The van der Waals surface area contributed by atoms with Crippen LogP contribution in [0.2, 0.25) is 0 Å². The first kappa shape index (κ1) is 18.5. The third-order valence-corrected chi connectivity index (χ3v) is 5.36. The number of nitrogens with zero attached hydrogens (tertiary/aromatic N) is 5. The summed E-state index contributed by atoms with van der Waals surface area (Å²) in [4.78, 5) is 26.7. The first-order valence-electron chi connectivity index (χ1n) is 8.46. The Morgan fingerprint density at radius 1 is 1.38 bits per heavy atom. The molecule has 1 aliphatic carbocycles. The topological polar surface area (TPSA) is 129 Å². The zero-order chi connectivity index (χ0) is 18.7. The molecule has 3 rings (SSSR count). The van der Waals surface area contributed by atoms with E-state index < -0.39 is 4.92 Å². The van der Waals surface area contributed by atoms with Crippen molar-refractivity contribution in [3.8, 4) is 0 Å². The van der Waals surface area contributed by atoms with Crippen LogP contribution in [0.25, 0.3) is 0 Å². The molecule has 140 valence electrons. The van der Waals surface area contributed by atoms with E-state index in [4.69, 9.17) is 4.52 Å². The maximum atomic E-state index is 12.3. The molecule has 1 amide bonds. The van der Waals surface area contributed by atoms with Crippen LogP contribution >= 0.6 is 15.9 Å². The number of rotatable bonds is 5. The van der Waals surface area contributed by atoms with Crippen molar-refractivity contribution in [3.05, 3.63) is 32.0 Å². The Labute approximate surface area is 157 Å². The maximum absolute atomic E-state index is 12.3. The van der Waals surface area contributed by atoms with Crippen LogP contribution in [0.4, 0.5) is 5.82 Å². The van der Waals surface area contributed by atoms with Crippen molar-refractivity contribution in [1.29, 1.82) is 0 Å². The second-order valence-corrected chi connectivity index (χ2v) is 7.11. The molecular weight excluding hydrogens is 408 g/mol. The van der Waals surface area contributed by atoms with Crippen LogP contribution in [0.1, 0.15) is 60.7 Å². The Morgan fingerprint density at radius 2 is 2.08 bits per heavy atom. The number of nitro groups is 1. The second kappa shape index (κ2) is 7.94. The summed E-state index contributed by atoms with van der Waals surface area (Å²) < 4.78 is 6.73. The monoisotopic (exact) mass is 426 g/mol. The SMILES string of the molecule is Cc1c(Br)c([N+](=O)[O-])nn1Cc1noc(C(=O)NC2CCCCCC2)n1. The van der Waals surface area contributed by atoms with Crippen molar-refractivity contribution in [1.82, 2.24) is 25.2 Å². The van der Waals surface area contributed by atoms with Gasteiger partial charge < -0.3 is 20.0 Å². The highest BCUT2D eigenvalue weighted by molar-refractivity contribution is 9.10. The van der Waals surface area contributed by atoms with E-state index in [1.54, 1.807) is 6.92 Å². The van der Waals surface area contributed by atoms with Crippen LogP contribution in [0, 0.1) is 17.0 Å². The molecule has 2 aromatic heterocycles. The average molecular weight is 427 g/mol. The predicted molar refractivity (Wildman–Crippen MR) is 93.7 cm³/mol. The van der Waals surface area contributed by atoms with Crippen molar-refractivity contribution < 1.29 is 14.2 Å². The summed E-state index contributed by atoms with van der Waals surface area (Å²) in [7, 11) is 0. The van der Waals surface area contributed by atoms with Gasteiger partial charge in [0.2, 0.25) is 0 Å². The average Bonchev–Trinajstić information content (AvgIpc) is 3.07. The molecule has 1 fully saturated rings. The molecule has 0 atom stereocenters. The molecule has 0 unspecified atom stereocenters. The van der Waals surface area contributed by atoms with E-state index in [2.05, 4.69) is 36.5 Å². The lowest BCUT2D eigenvalue weighted by Crippen LogP contribution is -2.34. The Kier molecular flexibility index (Phi) is 5.64. The van der Waals surface area contributed by atoms with Gasteiger partial charge in [-0.3, -0.25) is 4.79 Å². The lowest BCUT2D eigenvalue weighted by molar-refractivity contribution is -0.390. The van der Waals surface area contributed by atoms with Crippen LogP contribution in [0.15, 0.2) is 9.00 Å². The Balaban J connectivity index is 1.67. The van der Waals surface area contributed by atoms with Crippen LogP contribution in [-0.2, 0) is 6.54 Å². The minimum atomic E-state index is -0.574. The molecule has 0 aliphatic heterocycles. The van der Waals surface area contributed by atoms with Gasteiger partial charge in [0.25, 0.3) is 0 Å². The minimum absolute atomic E-state index is 0.0679. The van der Waals surface area contributed by atoms with Gasteiger partial charge in [-0.15, -0.1) is 0 Å². The maximum Gasteiger partial charge on any atom is 0.404 e. The molecule has 2 aromatic rings. The van der Waals surface area contributed by atoms with Crippen molar-refractivity contribution in [2.24, 2.45) is 0 Å². The second-order valence-electron chi connectivity index (χ2n) is 6.32. The Morgan fingerprint density at radius 3 is 2.69 bits per heavy atom. The summed E-state index contributed by atoms with van der Waals surface area (Å²) in [5.74, 6) is -0.552. The van der Waals surface area contributed by atoms with E-state index in [0.717, 1.165) is 25.7 Å². The van der Waals surface area contributed by atoms with Gasteiger partial charge in [-0.2, -0.15) is 9.67 Å². The molecule has 10 nitrogen and oxygen atoms in total. The van der Waals surface area contributed by atoms with Crippen molar-refractivity contribution in [2.75, 3.05) is 0 Å². The summed E-state index contributed by atoms with van der Waals surface area (Å²) in [5, 5.41) is 21.6. The lowest BCUT2D eigenvalue weighted by atomic mass is 10.1. The fraction of sp³-hybridized carbons (Fsp3) is 0.600. The zero-order valence-electron chi connectivity index (χ0n) is 14.3. The first-order chi connectivity index (χ1) is 12.5. The normalized spacial score (nSPS) is 15.6. The smallest absolute Gasteiger partial charge is 0.358 e. The first-order valence-corrected chi connectivity index (χ1v) is 9.25. The van der Waals surface area contributed by atoms with Crippen molar-refractivity contribution >= 4 is 27.7 Å². The Bertz CT molecular complexity index is 809. The quantitative estimate of drug-likeness (QED) is 0.441. The summed E-state index contributed by atoms with van der Waals surface area (Å²) in [5.41, 5.74) is 0.561. The molecule has 0 spiro atoms. The van der Waals surface area contributed by atoms with E-state index >= 15 is 0 Å². The van der Waals surface area contributed by atoms with Gasteiger partial charge in [0, 0.05) is 6.04 Å². The zero-order valence-corrected chi connectivity index (χ0v) is 15.9. The number of amides is 1. The number of carbonyl (C=O) groups excluding carboxylic acids is 1. The molecule has 1 saturated carbocycles. The fourth-order valence-electron chi connectivity index (χ4n) is 2.99. The lowest BCUT2D eigenvalue weighted by Gasteiger charge is -2.14. The van der Waals surface area contributed by atoms with Gasteiger partial charge in [0.05, 0.1) is 10.8 Å². The van der Waals surface area contributed by atoms with E-state index in [1.807, 2.05) is 0 Å². The molecular formula is C15H19BrN6O4. The van der Waals surface area contributed by atoms with Gasteiger partial charge in [0.1, 0.15) is 11.0 Å². The summed E-state index contributed by atoms with van der Waals surface area (Å²) >= 11 is 3.15. The number of aromatic nitrogens is 4. The molecule has 0 radical (unpaired) electrons. The number of nitrogens with one attached hydrogen (secondary N) is 1. The van der Waals surface area contributed by atoms with E-state index in [0.29, 0.717) is 10.2 Å². The predicted octanol–water partition coefficient (Wildman–Crippen LogP) is 2.75. The van der Waals surface area contributed by atoms with Crippen molar-refractivity contribution in [2.45, 2.75) is 58.0 Å². The molecule has 1 aliphatic rings. The summed E-state index contributed by atoms with van der Waals surface area (Å²) in [6, 6.07) is 0.132. The third-order valence-electron chi connectivity index (χ3n) is 4.43. The largest absolute Gasteiger partial charge is 0.404 e. The van der Waals surface area contributed by atoms with Crippen LogP contribution in [0.3, 0.4) is 0 Å². The molecule has 1 N–H and O–H groups in total. The minimum Gasteiger partial charge on any atom is -0.358 e. The number of hydrogen-bond donors (Lipinski definition) is 1. The van der Waals surface area contributed by atoms with Crippen LogP contribution in [0.5, 0.6) is 0 Å². The molecule has 11 heteroatoms. The molecule has 0 aromatic carbocycles. The van der Waals surface area contributed by atoms with Gasteiger partial charge in [-0.1, -0.05) is 30.8 Å². The van der Waals surface area contributed by atoms with E-state index in [9.17, 15) is 14.9 Å². The van der Waals surface area contributed by atoms with Gasteiger partial charge in [-0.05, 0) is 40.6 Å². The number of carbonyl (C=O) groups is 1. The van der Waals surface area contributed by atoms with Crippen LogP contribution < -0.4 is 5.32 Å². The molecule has 2 heterocycles. The highest BCUT2D eigenvalue weighted by atomic mass is 79.9. The highest BCUT2D eigenvalue weighted by Gasteiger charge is 2.25. The molecule has 0 saturated heterocycles. The van der Waals surface area contributed by atoms with E-state index in [1.165, 1.54) is 17.5 Å². The summed E-state index contributed by atoms with van der Waals surface area (Å²) in [6.07, 6.45) is 6.51. The van der Waals surface area contributed by atoms with Crippen LogP contribution in [-0.4, -0.2) is 36.8 Å².